The molecule has 21 heavy (non-hydrogen) atoms. The number of carbonyl (C=O) groups is 1. The molecule has 2 aromatic rings. The molecule has 0 saturated carbocycles. The molecule has 1 aliphatic heterocycles. The van der Waals surface area contributed by atoms with Crippen molar-refractivity contribution in [2.75, 3.05) is 6.54 Å². The van der Waals surface area contributed by atoms with Crippen LogP contribution in [0.25, 0.3) is 0 Å². The number of aliphatic hydroxyl groups is 1. The Morgan fingerprint density at radius 1 is 1.48 bits per heavy atom. The van der Waals surface area contributed by atoms with Gasteiger partial charge in [0.05, 0.1) is 15.3 Å². The molecule has 1 amide bonds. The molecule has 1 N–H and O–H groups in total. The highest BCUT2D eigenvalue weighted by Gasteiger charge is 2.32. The first-order valence-electron chi connectivity index (χ1n) is 6.93. The smallest absolute Gasteiger partial charge is 0.264 e. The van der Waals surface area contributed by atoms with E-state index in [1.165, 1.54) is 11.3 Å². The molecule has 1 saturated heterocycles. The van der Waals surface area contributed by atoms with Crippen molar-refractivity contribution in [2.45, 2.75) is 31.4 Å². The van der Waals surface area contributed by atoms with Crippen LogP contribution >= 0.6 is 34.3 Å². The lowest BCUT2D eigenvalue weighted by atomic mass is 10.1. The van der Waals surface area contributed by atoms with Crippen LogP contribution in [0.5, 0.6) is 0 Å². The summed E-state index contributed by atoms with van der Waals surface area (Å²) in [6.45, 7) is 0.760. The second-order valence-electron chi connectivity index (χ2n) is 5.17. The van der Waals surface area contributed by atoms with E-state index in [1.54, 1.807) is 23.5 Å². The highest BCUT2D eigenvalue weighted by Crippen LogP contribution is 2.31. The largest absolute Gasteiger partial charge is 0.387 e. The third kappa shape index (κ3) is 3.31. The van der Waals surface area contributed by atoms with E-state index in [0.29, 0.717) is 15.6 Å². The SMILES string of the molecule is O=C(c1ccc(Cl)s1)N1CCC[C@@H]1C[C@@H](O)c1cccs1. The molecule has 0 aliphatic carbocycles. The van der Waals surface area contributed by atoms with Crippen LogP contribution in [-0.2, 0) is 0 Å². The highest BCUT2D eigenvalue weighted by atomic mass is 35.5. The van der Waals surface area contributed by atoms with Crippen molar-refractivity contribution in [1.82, 2.24) is 4.90 Å². The minimum Gasteiger partial charge on any atom is -0.387 e. The molecule has 0 unspecified atom stereocenters. The Bertz CT molecular complexity index is 611. The van der Waals surface area contributed by atoms with Crippen molar-refractivity contribution in [1.29, 1.82) is 0 Å². The van der Waals surface area contributed by atoms with Crippen LogP contribution in [0.1, 0.15) is 39.9 Å². The Hall–Kier alpha value is -0.880. The minimum absolute atomic E-state index is 0.0350. The van der Waals surface area contributed by atoms with Gasteiger partial charge in [-0.1, -0.05) is 17.7 Å². The Balaban J connectivity index is 1.69. The van der Waals surface area contributed by atoms with Gasteiger partial charge in [0.2, 0.25) is 0 Å². The summed E-state index contributed by atoms with van der Waals surface area (Å²) < 4.78 is 0.632. The lowest BCUT2D eigenvalue weighted by Crippen LogP contribution is -2.36. The van der Waals surface area contributed by atoms with E-state index < -0.39 is 6.10 Å². The fraction of sp³-hybridized carbons (Fsp3) is 0.400. The first-order valence-corrected chi connectivity index (χ1v) is 9.00. The lowest BCUT2D eigenvalue weighted by Gasteiger charge is -2.26. The Labute approximate surface area is 136 Å². The van der Waals surface area contributed by atoms with Gasteiger partial charge in [-0.3, -0.25) is 4.79 Å². The molecule has 3 heterocycles. The normalized spacial score (nSPS) is 19.9. The molecule has 1 aliphatic rings. The van der Waals surface area contributed by atoms with E-state index in [4.69, 9.17) is 11.6 Å². The summed E-state index contributed by atoms with van der Waals surface area (Å²) in [5.41, 5.74) is 0. The number of thiophene rings is 2. The number of rotatable bonds is 4. The van der Waals surface area contributed by atoms with Gasteiger partial charge in [0, 0.05) is 17.5 Å². The number of amides is 1. The van der Waals surface area contributed by atoms with Crippen LogP contribution in [0, 0.1) is 0 Å². The fourth-order valence-electron chi connectivity index (χ4n) is 2.77. The number of nitrogens with zero attached hydrogens (tertiary/aromatic N) is 1. The summed E-state index contributed by atoms with van der Waals surface area (Å²) in [5, 5.41) is 12.3. The lowest BCUT2D eigenvalue weighted by molar-refractivity contribution is 0.0675. The molecular weight excluding hydrogens is 326 g/mol. The average molecular weight is 342 g/mol. The van der Waals surface area contributed by atoms with E-state index in [-0.39, 0.29) is 11.9 Å². The first kappa shape index (κ1) is 15.0. The second-order valence-corrected chi connectivity index (χ2v) is 7.86. The molecule has 3 nitrogen and oxygen atoms in total. The van der Waals surface area contributed by atoms with Crippen LogP contribution in [0.4, 0.5) is 0 Å². The van der Waals surface area contributed by atoms with Crippen LogP contribution in [-0.4, -0.2) is 28.5 Å². The Morgan fingerprint density at radius 2 is 2.33 bits per heavy atom. The number of halogens is 1. The summed E-state index contributed by atoms with van der Waals surface area (Å²) in [5.74, 6) is 0.0350. The van der Waals surface area contributed by atoms with Crippen LogP contribution < -0.4 is 0 Å². The van der Waals surface area contributed by atoms with Crippen LogP contribution in [0.15, 0.2) is 29.6 Å². The number of hydrogen-bond donors (Lipinski definition) is 1. The number of aliphatic hydroxyl groups excluding tert-OH is 1. The maximum Gasteiger partial charge on any atom is 0.264 e. The maximum absolute atomic E-state index is 12.5. The van der Waals surface area contributed by atoms with Gasteiger partial charge in [0.15, 0.2) is 0 Å². The molecule has 6 heteroatoms. The fourth-order valence-corrected chi connectivity index (χ4v) is 4.50. The van der Waals surface area contributed by atoms with Crippen LogP contribution in [0.3, 0.4) is 0 Å². The molecule has 2 aromatic heterocycles. The van der Waals surface area contributed by atoms with Crippen molar-refractivity contribution in [3.05, 3.63) is 43.7 Å². The standard InChI is InChI=1S/C15H16ClNO2S2/c16-14-6-5-13(21-14)15(19)17-7-1-3-10(17)9-11(18)12-4-2-8-20-12/h2,4-6,8,10-11,18H,1,3,7,9H2/t10-,11-/m1/s1. The maximum atomic E-state index is 12.5. The molecule has 3 rings (SSSR count). The Morgan fingerprint density at radius 3 is 3.00 bits per heavy atom. The average Bonchev–Trinajstić information content (AvgIpc) is 3.18. The molecular formula is C15H16ClNO2S2. The van der Waals surface area contributed by atoms with Crippen molar-refractivity contribution in [3.63, 3.8) is 0 Å². The van der Waals surface area contributed by atoms with Gasteiger partial charge >= 0.3 is 0 Å². The molecule has 1 fully saturated rings. The van der Waals surface area contributed by atoms with Gasteiger partial charge in [0.25, 0.3) is 5.91 Å². The summed E-state index contributed by atoms with van der Waals surface area (Å²) in [6.07, 6.45) is 2.06. The first-order chi connectivity index (χ1) is 10.1. The predicted molar refractivity (Wildman–Crippen MR) is 87.3 cm³/mol. The monoisotopic (exact) mass is 341 g/mol. The molecule has 0 radical (unpaired) electrons. The summed E-state index contributed by atoms with van der Waals surface area (Å²) >= 11 is 8.78. The second kappa shape index (κ2) is 6.48. The van der Waals surface area contributed by atoms with E-state index >= 15 is 0 Å². The van der Waals surface area contributed by atoms with Gasteiger partial charge < -0.3 is 10.0 Å². The third-order valence-electron chi connectivity index (χ3n) is 3.79. The highest BCUT2D eigenvalue weighted by molar-refractivity contribution is 7.18. The predicted octanol–water partition coefficient (Wildman–Crippen LogP) is 4.19. The van der Waals surface area contributed by atoms with Gasteiger partial charge in [0.1, 0.15) is 0 Å². The van der Waals surface area contributed by atoms with Crippen LogP contribution in [0.2, 0.25) is 4.34 Å². The van der Waals surface area contributed by atoms with E-state index in [0.717, 1.165) is 24.3 Å². The Kier molecular flexibility index (Phi) is 4.64. The van der Waals surface area contributed by atoms with E-state index in [2.05, 4.69) is 0 Å². The van der Waals surface area contributed by atoms with Gasteiger partial charge in [-0.15, -0.1) is 22.7 Å². The number of hydrogen-bond acceptors (Lipinski definition) is 4. The van der Waals surface area contributed by atoms with Crippen molar-refractivity contribution in [2.24, 2.45) is 0 Å². The summed E-state index contributed by atoms with van der Waals surface area (Å²) in [6, 6.07) is 7.52. The summed E-state index contributed by atoms with van der Waals surface area (Å²) in [7, 11) is 0. The summed E-state index contributed by atoms with van der Waals surface area (Å²) in [4.78, 5) is 16.1. The van der Waals surface area contributed by atoms with Gasteiger partial charge in [-0.2, -0.15) is 0 Å². The number of likely N-dealkylation sites (tertiary alicyclic amines) is 1. The molecule has 2 atom stereocenters. The number of carbonyl (C=O) groups excluding carboxylic acids is 1. The minimum atomic E-state index is -0.490. The third-order valence-corrected chi connectivity index (χ3v) is 5.98. The van der Waals surface area contributed by atoms with Gasteiger partial charge in [-0.05, 0) is 42.8 Å². The van der Waals surface area contributed by atoms with Gasteiger partial charge in [-0.25, -0.2) is 0 Å². The topological polar surface area (TPSA) is 40.5 Å². The van der Waals surface area contributed by atoms with Crippen molar-refractivity contribution >= 4 is 40.2 Å². The zero-order chi connectivity index (χ0) is 14.8. The molecule has 0 spiro atoms. The molecule has 0 aromatic carbocycles. The van der Waals surface area contributed by atoms with E-state index in [9.17, 15) is 9.90 Å². The zero-order valence-electron chi connectivity index (χ0n) is 11.4. The van der Waals surface area contributed by atoms with Crippen molar-refractivity contribution < 1.29 is 9.90 Å². The zero-order valence-corrected chi connectivity index (χ0v) is 13.8. The quantitative estimate of drug-likeness (QED) is 0.905. The molecule has 0 bridgehead atoms. The molecule has 112 valence electrons. The van der Waals surface area contributed by atoms with E-state index in [1.807, 2.05) is 22.4 Å². The van der Waals surface area contributed by atoms with Crippen molar-refractivity contribution in [3.8, 4) is 0 Å².